The number of amides is 1. The Morgan fingerprint density at radius 2 is 2.19 bits per heavy atom. The zero-order valence-corrected chi connectivity index (χ0v) is 12.5. The summed E-state index contributed by atoms with van der Waals surface area (Å²) >= 11 is 0. The number of nitrogens with zero attached hydrogens (tertiary/aromatic N) is 3. The molecule has 3 N–H and O–H groups in total. The Labute approximate surface area is 124 Å². The molecule has 6 heteroatoms. The summed E-state index contributed by atoms with van der Waals surface area (Å²) in [5.74, 6) is -0.109. The van der Waals surface area contributed by atoms with Crippen LogP contribution in [0.25, 0.3) is 0 Å². The zero-order chi connectivity index (χ0) is 15.2. The first-order chi connectivity index (χ1) is 10.1. The van der Waals surface area contributed by atoms with E-state index >= 15 is 0 Å². The van der Waals surface area contributed by atoms with Crippen LogP contribution < -0.4 is 11.1 Å². The van der Waals surface area contributed by atoms with Crippen molar-refractivity contribution in [1.82, 2.24) is 20.1 Å². The molecular formula is C15H21N5O. The Hall–Kier alpha value is -2.21. The number of carbonyl (C=O) groups excluding carboxylic acids is 1. The molecule has 6 nitrogen and oxygen atoms in total. The molecule has 0 spiro atoms. The summed E-state index contributed by atoms with van der Waals surface area (Å²) < 4.78 is 1.82. The summed E-state index contributed by atoms with van der Waals surface area (Å²) in [6.07, 6.45) is 5.97. The maximum absolute atomic E-state index is 12.2. The van der Waals surface area contributed by atoms with Gasteiger partial charge in [0.05, 0.1) is 11.8 Å². The molecular weight excluding hydrogens is 266 g/mol. The van der Waals surface area contributed by atoms with Gasteiger partial charge in [-0.25, -0.2) is 0 Å². The van der Waals surface area contributed by atoms with Crippen molar-refractivity contribution in [3.63, 3.8) is 0 Å². The fraction of sp³-hybridized carbons (Fsp3) is 0.400. The van der Waals surface area contributed by atoms with Crippen LogP contribution in [-0.4, -0.2) is 27.2 Å². The van der Waals surface area contributed by atoms with E-state index in [1.165, 1.54) is 0 Å². The highest BCUT2D eigenvalue weighted by atomic mass is 16.1. The highest BCUT2D eigenvalue weighted by molar-refractivity contribution is 5.94. The molecule has 2 aromatic heterocycles. The molecule has 21 heavy (non-hydrogen) atoms. The Balaban J connectivity index is 2.01. The van der Waals surface area contributed by atoms with E-state index in [-0.39, 0.29) is 5.91 Å². The molecule has 0 aliphatic carbocycles. The third-order valence-corrected chi connectivity index (χ3v) is 3.50. The Bertz CT molecular complexity index is 620. The summed E-state index contributed by atoms with van der Waals surface area (Å²) in [5, 5.41) is 7.16. The Morgan fingerprint density at radius 1 is 1.38 bits per heavy atom. The molecule has 0 radical (unpaired) electrons. The fourth-order valence-electron chi connectivity index (χ4n) is 2.11. The van der Waals surface area contributed by atoms with Gasteiger partial charge in [-0.1, -0.05) is 0 Å². The van der Waals surface area contributed by atoms with E-state index in [1.54, 1.807) is 18.6 Å². The van der Waals surface area contributed by atoms with E-state index in [0.717, 1.165) is 29.8 Å². The first-order valence-electron chi connectivity index (χ1n) is 7.03. The maximum Gasteiger partial charge on any atom is 0.255 e. The monoisotopic (exact) mass is 287 g/mol. The average Bonchev–Trinajstić information content (AvgIpc) is 2.85. The number of nitrogens with one attached hydrogen (secondary N) is 1. The second kappa shape index (κ2) is 6.99. The topological polar surface area (TPSA) is 85.8 Å². The van der Waals surface area contributed by atoms with E-state index < -0.39 is 0 Å². The Morgan fingerprint density at radius 3 is 2.90 bits per heavy atom. The van der Waals surface area contributed by atoms with Gasteiger partial charge in [0.2, 0.25) is 0 Å². The number of pyridine rings is 1. The largest absolute Gasteiger partial charge is 0.348 e. The lowest BCUT2D eigenvalue weighted by Crippen LogP contribution is -2.23. The molecule has 0 fully saturated rings. The number of hydrogen-bond acceptors (Lipinski definition) is 4. The van der Waals surface area contributed by atoms with E-state index in [1.807, 2.05) is 24.6 Å². The van der Waals surface area contributed by atoms with Gasteiger partial charge in [0.25, 0.3) is 5.91 Å². The van der Waals surface area contributed by atoms with Gasteiger partial charge >= 0.3 is 0 Å². The minimum absolute atomic E-state index is 0.109. The average molecular weight is 287 g/mol. The third-order valence-electron chi connectivity index (χ3n) is 3.50. The van der Waals surface area contributed by atoms with Gasteiger partial charge in [0.15, 0.2) is 0 Å². The maximum atomic E-state index is 12.2. The lowest BCUT2D eigenvalue weighted by atomic mass is 10.1. The fourth-order valence-corrected chi connectivity index (χ4v) is 2.11. The highest BCUT2D eigenvalue weighted by Crippen LogP contribution is 2.09. The van der Waals surface area contributed by atoms with Crippen LogP contribution in [0.5, 0.6) is 0 Å². The molecule has 0 bridgehead atoms. The van der Waals surface area contributed by atoms with Crippen molar-refractivity contribution in [2.45, 2.75) is 33.4 Å². The molecule has 112 valence electrons. The molecule has 1 amide bonds. The van der Waals surface area contributed by atoms with E-state index in [0.29, 0.717) is 18.7 Å². The van der Waals surface area contributed by atoms with Gasteiger partial charge in [-0.3, -0.25) is 14.5 Å². The highest BCUT2D eigenvalue weighted by Gasteiger charge is 2.13. The van der Waals surface area contributed by atoms with Crippen molar-refractivity contribution in [3.8, 4) is 0 Å². The molecule has 0 aliphatic heterocycles. The summed E-state index contributed by atoms with van der Waals surface area (Å²) in [5.41, 5.74) is 9.10. The van der Waals surface area contributed by atoms with E-state index in [4.69, 9.17) is 5.73 Å². The first kappa shape index (κ1) is 15.2. The number of aryl methyl sites for hydroxylation is 2. The van der Waals surface area contributed by atoms with Crippen LogP contribution >= 0.6 is 0 Å². The van der Waals surface area contributed by atoms with Crippen LogP contribution in [-0.2, 0) is 13.1 Å². The van der Waals surface area contributed by atoms with Crippen LogP contribution in [0.4, 0.5) is 0 Å². The number of aromatic nitrogens is 3. The lowest BCUT2D eigenvalue weighted by molar-refractivity contribution is 0.0950. The van der Waals surface area contributed by atoms with E-state index in [9.17, 15) is 4.79 Å². The summed E-state index contributed by atoms with van der Waals surface area (Å²) in [6.45, 7) is 5.71. The Kier molecular flexibility index (Phi) is 5.05. The van der Waals surface area contributed by atoms with Crippen LogP contribution in [0.15, 0.2) is 24.7 Å². The van der Waals surface area contributed by atoms with Crippen LogP contribution in [0.1, 0.15) is 33.6 Å². The van der Waals surface area contributed by atoms with Gasteiger partial charge in [0.1, 0.15) is 0 Å². The predicted molar refractivity (Wildman–Crippen MR) is 80.8 cm³/mol. The van der Waals surface area contributed by atoms with Crippen LogP contribution in [0.3, 0.4) is 0 Å². The second-order valence-corrected chi connectivity index (χ2v) is 4.99. The number of nitrogens with two attached hydrogens (primary N) is 1. The van der Waals surface area contributed by atoms with Gasteiger partial charge in [0, 0.05) is 31.2 Å². The normalized spacial score (nSPS) is 10.6. The van der Waals surface area contributed by atoms with Gasteiger partial charge in [-0.15, -0.1) is 0 Å². The SMILES string of the molecule is Cc1cnccc1CNC(=O)c1cnn(CCCN)c1C. The van der Waals surface area contributed by atoms with Crippen molar-refractivity contribution in [2.24, 2.45) is 5.73 Å². The third kappa shape index (κ3) is 3.66. The minimum atomic E-state index is -0.109. The van der Waals surface area contributed by atoms with Crippen molar-refractivity contribution in [3.05, 3.63) is 47.0 Å². The predicted octanol–water partition coefficient (Wildman–Crippen LogP) is 1.17. The zero-order valence-electron chi connectivity index (χ0n) is 12.5. The molecule has 0 aliphatic rings. The number of rotatable bonds is 6. The minimum Gasteiger partial charge on any atom is -0.348 e. The van der Waals surface area contributed by atoms with Gasteiger partial charge in [-0.05, 0) is 44.0 Å². The summed E-state index contributed by atoms with van der Waals surface area (Å²) in [7, 11) is 0. The molecule has 0 saturated carbocycles. The molecule has 0 saturated heterocycles. The van der Waals surface area contributed by atoms with Crippen molar-refractivity contribution < 1.29 is 4.79 Å². The van der Waals surface area contributed by atoms with Crippen molar-refractivity contribution >= 4 is 5.91 Å². The smallest absolute Gasteiger partial charge is 0.255 e. The molecule has 2 rings (SSSR count). The lowest BCUT2D eigenvalue weighted by Gasteiger charge is -2.08. The molecule has 2 aromatic rings. The van der Waals surface area contributed by atoms with Crippen molar-refractivity contribution in [1.29, 1.82) is 0 Å². The molecule has 0 aromatic carbocycles. The molecule has 0 atom stereocenters. The van der Waals surface area contributed by atoms with Crippen molar-refractivity contribution in [2.75, 3.05) is 6.54 Å². The van der Waals surface area contributed by atoms with Crippen LogP contribution in [0, 0.1) is 13.8 Å². The van der Waals surface area contributed by atoms with Gasteiger partial charge < -0.3 is 11.1 Å². The molecule has 0 unspecified atom stereocenters. The van der Waals surface area contributed by atoms with Crippen LogP contribution in [0.2, 0.25) is 0 Å². The number of hydrogen-bond donors (Lipinski definition) is 2. The second-order valence-electron chi connectivity index (χ2n) is 4.99. The summed E-state index contributed by atoms with van der Waals surface area (Å²) in [4.78, 5) is 16.3. The first-order valence-corrected chi connectivity index (χ1v) is 7.03. The standard InChI is InChI=1S/C15H21N5O/c1-11-8-17-6-4-13(11)9-18-15(21)14-10-19-20(12(14)2)7-3-5-16/h4,6,8,10H,3,5,7,9,16H2,1-2H3,(H,18,21). The quantitative estimate of drug-likeness (QED) is 0.835. The van der Waals surface area contributed by atoms with E-state index in [2.05, 4.69) is 15.4 Å². The number of carbonyl (C=O) groups is 1. The van der Waals surface area contributed by atoms with Gasteiger partial charge in [-0.2, -0.15) is 5.10 Å². The summed E-state index contributed by atoms with van der Waals surface area (Å²) in [6, 6.07) is 1.91. The molecule has 2 heterocycles.